The fraction of sp³-hybridized carbons (Fsp3) is 0.643. The van der Waals surface area contributed by atoms with Gasteiger partial charge >= 0.3 is 5.91 Å². The molecule has 3 N–H and O–H groups in total. The minimum absolute atomic E-state index is 0.332. The quantitative estimate of drug-likeness (QED) is 0.495. The van der Waals surface area contributed by atoms with Gasteiger partial charge in [-0.2, -0.15) is 0 Å². The summed E-state index contributed by atoms with van der Waals surface area (Å²) in [6.07, 6.45) is 6.60. The molecule has 1 aliphatic rings. The van der Waals surface area contributed by atoms with Gasteiger partial charge in [0, 0.05) is 12.1 Å². The van der Waals surface area contributed by atoms with E-state index in [0.717, 1.165) is 31.1 Å². The summed E-state index contributed by atoms with van der Waals surface area (Å²) >= 11 is 0. The molecule has 1 fully saturated rings. The first-order valence-corrected chi connectivity index (χ1v) is 7.04. The topological polar surface area (TPSA) is 71.5 Å². The van der Waals surface area contributed by atoms with Crippen LogP contribution >= 0.6 is 0 Å². The smallest absolute Gasteiger partial charge is 0.301 e. The first-order chi connectivity index (χ1) is 9.24. The van der Waals surface area contributed by atoms with Gasteiger partial charge in [0.15, 0.2) is 5.76 Å². The fourth-order valence-corrected chi connectivity index (χ4v) is 2.76. The number of nitrogen functional groups attached to an aromatic ring is 1. The number of rotatable bonds is 4. The average molecular weight is 265 g/mol. The number of hydrogen-bond acceptors (Lipinski definition) is 4. The van der Waals surface area contributed by atoms with E-state index < -0.39 is 0 Å². The Kier molecular flexibility index (Phi) is 4.99. The van der Waals surface area contributed by atoms with E-state index in [2.05, 4.69) is 17.2 Å². The van der Waals surface area contributed by atoms with Crippen LogP contribution < -0.4 is 11.3 Å². The molecule has 0 radical (unpaired) electrons. The van der Waals surface area contributed by atoms with Crippen molar-refractivity contribution in [1.29, 1.82) is 0 Å². The molecular weight excluding hydrogens is 242 g/mol. The molecule has 19 heavy (non-hydrogen) atoms. The maximum Gasteiger partial charge on any atom is 0.301 e. The van der Waals surface area contributed by atoms with Gasteiger partial charge in [0.2, 0.25) is 0 Å². The van der Waals surface area contributed by atoms with Crippen molar-refractivity contribution in [3.63, 3.8) is 0 Å². The van der Waals surface area contributed by atoms with Gasteiger partial charge in [0.25, 0.3) is 0 Å². The van der Waals surface area contributed by atoms with E-state index in [1.165, 1.54) is 25.7 Å². The highest BCUT2D eigenvalue weighted by atomic mass is 16.3. The van der Waals surface area contributed by atoms with Crippen LogP contribution in [0.3, 0.4) is 0 Å². The number of likely N-dealkylation sites (tertiary alicyclic amines) is 1. The lowest BCUT2D eigenvalue weighted by Crippen LogP contribution is -2.31. The van der Waals surface area contributed by atoms with Crippen molar-refractivity contribution in [3.05, 3.63) is 23.7 Å². The molecule has 0 aliphatic carbocycles. The highest BCUT2D eigenvalue weighted by Gasteiger charge is 2.19. The third-order valence-corrected chi connectivity index (χ3v) is 4.00. The Morgan fingerprint density at radius 2 is 2.37 bits per heavy atom. The van der Waals surface area contributed by atoms with Crippen molar-refractivity contribution in [1.82, 2.24) is 10.3 Å². The zero-order chi connectivity index (χ0) is 13.7. The molecule has 0 bridgehead atoms. The summed E-state index contributed by atoms with van der Waals surface area (Å²) < 4.78 is 5.21. The lowest BCUT2D eigenvalue weighted by atomic mass is 9.98. The molecule has 0 spiro atoms. The molecule has 1 amide bonds. The molecule has 1 aliphatic heterocycles. The van der Waals surface area contributed by atoms with Crippen LogP contribution in [-0.4, -0.2) is 23.9 Å². The Morgan fingerprint density at radius 1 is 1.53 bits per heavy atom. The summed E-state index contributed by atoms with van der Waals surface area (Å²) in [7, 11) is 0. The van der Waals surface area contributed by atoms with Gasteiger partial charge in [-0.3, -0.25) is 15.1 Å². The van der Waals surface area contributed by atoms with Gasteiger partial charge in [-0.25, -0.2) is 5.84 Å². The van der Waals surface area contributed by atoms with Crippen molar-refractivity contribution in [3.8, 4) is 0 Å². The normalized spacial score (nSPS) is 21.1. The molecule has 1 saturated heterocycles. The number of nitrogens with two attached hydrogens (primary N) is 1. The maximum atomic E-state index is 11.6. The molecule has 0 saturated carbocycles. The zero-order valence-corrected chi connectivity index (χ0v) is 11.5. The van der Waals surface area contributed by atoms with Crippen LogP contribution in [0.1, 0.15) is 48.7 Å². The van der Waals surface area contributed by atoms with Crippen molar-refractivity contribution in [2.75, 3.05) is 13.1 Å². The Morgan fingerprint density at radius 3 is 3.11 bits per heavy atom. The molecule has 2 rings (SSSR count). The molecule has 1 unspecified atom stereocenters. The molecule has 106 valence electrons. The summed E-state index contributed by atoms with van der Waals surface area (Å²) in [4.78, 5) is 14.0. The molecule has 1 aromatic rings. The van der Waals surface area contributed by atoms with Crippen molar-refractivity contribution >= 4 is 5.91 Å². The lowest BCUT2D eigenvalue weighted by molar-refractivity contribution is 0.0923. The second kappa shape index (κ2) is 6.73. The first kappa shape index (κ1) is 14.1. The van der Waals surface area contributed by atoms with Gasteiger partial charge in [-0.15, -0.1) is 0 Å². The molecular formula is C14H23N3O2. The third-order valence-electron chi connectivity index (χ3n) is 4.00. The van der Waals surface area contributed by atoms with Crippen LogP contribution in [-0.2, 0) is 6.54 Å². The molecule has 5 nitrogen and oxygen atoms in total. The van der Waals surface area contributed by atoms with E-state index in [9.17, 15) is 4.79 Å². The van der Waals surface area contributed by atoms with Crippen LogP contribution in [0.4, 0.5) is 0 Å². The molecule has 5 heteroatoms. The van der Waals surface area contributed by atoms with Crippen molar-refractivity contribution < 1.29 is 9.21 Å². The summed E-state index contributed by atoms with van der Waals surface area (Å²) in [6.45, 7) is 5.20. The van der Waals surface area contributed by atoms with Gasteiger partial charge in [0.1, 0.15) is 0 Å². The van der Waals surface area contributed by atoms with Crippen molar-refractivity contribution in [2.24, 2.45) is 11.8 Å². The van der Waals surface area contributed by atoms with Gasteiger partial charge < -0.3 is 4.42 Å². The maximum absolute atomic E-state index is 11.6. The summed E-state index contributed by atoms with van der Waals surface area (Å²) in [5, 5.41) is 0. The minimum Gasteiger partial charge on any atom is -0.459 e. The Balaban J connectivity index is 1.97. The predicted octanol–water partition coefficient (Wildman–Crippen LogP) is 1.90. The van der Waals surface area contributed by atoms with Crippen molar-refractivity contribution in [2.45, 2.75) is 39.2 Å². The highest BCUT2D eigenvalue weighted by Crippen LogP contribution is 2.22. The number of furan rings is 1. The number of nitrogens with zero attached hydrogens (tertiary/aromatic N) is 1. The third kappa shape index (κ3) is 3.58. The van der Waals surface area contributed by atoms with Crippen LogP contribution in [0.15, 0.2) is 16.7 Å². The predicted molar refractivity (Wildman–Crippen MR) is 73.3 cm³/mol. The Labute approximate surface area is 114 Å². The van der Waals surface area contributed by atoms with Crippen LogP contribution in [0, 0.1) is 5.92 Å². The molecule has 1 aromatic heterocycles. The second-order valence-electron chi connectivity index (χ2n) is 5.23. The number of carbonyl (C=O) groups excluding carboxylic acids is 1. The average Bonchev–Trinajstić information content (AvgIpc) is 2.76. The summed E-state index contributed by atoms with van der Waals surface area (Å²) in [5.74, 6) is 5.97. The minimum atomic E-state index is -0.360. The van der Waals surface area contributed by atoms with Crippen LogP contribution in [0.25, 0.3) is 0 Å². The second-order valence-corrected chi connectivity index (χ2v) is 5.23. The monoisotopic (exact) mass is 265 g/mol. The zero-order valence-electron chi connectivity index (χ0n) is 11.5. The Hall–Kier alpha value is -1.33. The van der Waals surface area contributed by atoms with E-state index >= 15 is 0 Å². The summed E-state index contributed by atoms with van der Waals surface area (Å²) in [5.41, 5.74) is 3.04. The van der Waals surface area contributed by atoms with Crippen LogP contribution in [0.5, 0.6) is 0 Å². The highest BCUT2D eigenvalue weighted by molar-refractivity contribution is 5.92. The largest absolute Gasteiger partial charge is 0.459 e. The standard InChI is InChI=1S/C14H23N3O2/c1-2-11-4-3-7-17(8-5-11)10-12-6-9-19-13(12)14(18)16-15/h6,9,11H,2-5,7-8,10,15H2,1H3,(H,16,18). The number of hydrogen-bond donors (Lipinski definition) is 2. The van der Waals surface area contributed by atoms with E-state index in [-0.39, 0.29) is 5.91 Å². The lowest BCUT2D eigenvalue weighted by Gasteiger charge is -2.19. The van der Waals surface area contributed by atoms with E-state index in [0.29, 0.717) is 5.76 Å². The van der Waals surface area contributed by atoms with Gasteiger partial charge in [0.05, 0.1) is 6.26 Å². The molecule has 2 heterocycles. The summed E-state index contributed by atoms with van der Waals surface area (Å²) in [6, 6.07) is 1.85. The number of amides is 1. The number of hydrazine groups is 1. The molecule has 0 aromatic carbocycles. The van der Waals surface area contributed by atoms with Gasteiger partial charge in [-0.05, 0) is 44.3 Å². The molecule has 1 atom stereocenters. The van der Waals surface area contributed by atoms with E-state index in [4.69, 9.17) is 10.3 Å². The fourth-order valence-electron chi connectivity index (χ4n) is 2.76. The van der Waals surface area contributed by atoms with Gasteiger partial charge in [-0.1, -0.05) is 13.3 Å². The number of nitrogens with one attached hydrogen (secondary N) is 1. The van der Waals surface area contributed by atoms with E-state index in [1.54, 1.807) is 6.26 Å². The first-order valence-electron chi connectivity index (χ1n) is 7.04. The SMILES string of the molecule is CCC1CCCN(Cc2ccoc2C(=O)NN)CC1. The van der Waals surface area contributed by atoms with Crippen LogP contribution in [0.2, 0.25) is 0 Å². The number of carbonyl (C=O) groups is 1. The van der Waals surface area contributed by atoms with E-state index in [1.807, 2.05) is 6.07 Å². The Bertz CT molecular complexity index is 417.